The lowest BCUT2D eigenvalue weighted by Gasteiger charge is -2.32. The van der Waals surface area contributed by atoms with Crippen molar-refractivity contribution in [1.82, 2.24) is 10.2 Å². The second-order valence-electron chi connectivity index (χ2n) is 6.53. The van der Waals surface area contributed by atoms with Crippen LogP contribution in [0.3, 0.4) is 0 Å². The van der Waals surface area contributed by atoms with Gasteiger partial charge in [0.2, 0.25) is 5.91 Å². The molecule has 5 nitrogen and oxygen atoms in total. The van der Waals surface area contributed by atoms with Crippen LogP contribution in [-0.2, 0) is 11.0 Å². The molecule has 1 unspecified atom stereocenters. The van der Waals surface area contributed by atoms with Crippen LogP contribution in [0.2, 0.25) is 0 Å². The third-order valence-corrected chi connectivity index (χ3v) is 4.41. The molecule has 144 valence electrons. The molecule has 1 fully saturated rings. The number of likely N-dealkylation sites (tertiary alicyclic amines) is 1. The van der Waals surface area contributed by atoms with Crippen molar-refractivity contribution in [3.05, 3.63) is 47.7 Å². The molecule has 1 aromatic carbocycles. The van der Waals surface area contributed by atoms with Gasteiger partial charge in [0, 0.05) is 31.6 Å². The summed E-state index contributed by atoms with van der Waals surface area (Å²) in [6.07, 6.45) is -2.91. The highest BCUT2D eigenvalue weighted by Gasteiger charge is 2.31. The zero-order chi connectivity index (χ0) is 19.6. The van der Waals surface area contributed by atoms with E-state index in [2.05, 4.69) is 5.32 Å². The van der Waals surface area contributed by atoms with Gasteiger partial charge in [-0.2, -0.15) is 13.2 Å². The zero-order valence-electron chi connectivity index (χ0n) is 14.7. The van der Waals surface area contributed by atoms with Crippen LogP contribution in [0.1, 0.15) is 35.9 Å². The van der Waals surface area contributed by atoms with Gasteiger partial charge in [-0.3, -0.25) is 9.59 Å². The summed E-state index contributed by atoms with van der Waals surface area (Å²) >= 11 is 0. The fraction of sp³-hybridized carbons (Fsp3) is 0.368. The number of hydrogen-bond acceptors (Lipinski definition) is 3. The van der Waals surface area contributed by atoms with Crippen LogP contribution >= 0.6 is 0 Å². The van der Waals surface area contributed by atoms with Crippen molar-refractivity contribution in [2.75, 3.05) is 13.1 Å². The number of furan rings is 1. The Morgan fingerprint density at radius 1 is 1.22 bits per heavy atom. The zero-order valence-corrected chi connectivity index (χ0v) is 14.7. The number of amides is 2. The lowest BCUT2D eigenvalue weighted by molar-refractivity contribution is -0.137. The van der Waals surface area contributed by atoms with E-state index in [0.29, 0.717) is 13.1 Å². The number of carbonyl (C=O) groups excluding carboxylic acids is 2. The Bertz CT molecular complexity index is 845. The number of hydrogen-bond donors (Lipinski definition) is 1. The molecule has 0 aliphatic carbocycles. The maximum absolute atomic E-state index is 12.9. The maximum Gasteiger partial charge on any atom is 0.416 e. The number of nitrogens with zero attached hydrogens (tertiary/aromatic N) is 1. The van der Waals surface area contributed by atoms with Crippen molar-refractivity contribution in [3.63, 3.8) is 0 Å². The van der Waals surface area contributed by atoms with Crippen LogP contribution in [0.5, 0.6) is 0 Å². The van der Waals surface area contributed by atoms with Gasteiger partial charge in [0.15, 0.2) is 5.76 Å². The Morgan fingerprint density at radius 3 is 2.70 bits per heavy atom. The molecule has 8 heteroatoms. The summed E-state index contributed by atoms with van der Waals surface area (Å²) in [5.74, 6) is -0.242. The Morgan fingerprint density at radius 2 is 2.00 bits per heavy atom. The Hall–Kier alpha value is -2.77. The minimum absolute atomic E-state index is 0.0610. The molecule has 0 saturated carbocycles. The number of piperidine rings is 1. The van der Waals surface area contributed by atoms with Crippen molar-refractivity contribution in [3.8, 4) is 11.3 Å². The first-order valence-corrected chi connectivity index (χ1v) is 8.58. The molecule has 1 atom stereocenters. The molecule has 1 aliphatic heterocycles. The summed E-state index contributed by atoms with van der Waals surface area (Å²) in [4.78, 5) is 25.4. The van der Waals surface area contributed by atoms with Crippen LogP contribution in [0, 0.1) is 0 Å². The van der Waals surface area contributed by atoms with E-state index in [-0.39, 0.29) is 34.9 Å². The van der Waals surface area contributed by atoms with Gasteiger partial charge in [-0.25, -0.2) is 0 Å². The van der Waals surface area contributed by atoms with E-state index in [1.54, 1.807) is 4.90 Å². The summed E-state index contributed by atoms with van der Waals surface area (Å²) in [6.45, 7) is 2.33. The van der Waals surface area contributed by atoms with Crippen LogP contribution in [0.25, 0.3) is 11.3 Å². The molecule has 2 amide bonds. The molecule has 0 radical (unpaired) electrons. The van der Waals surface area contributed by atoms with E-state index >= 15 is 0 Å². The number of nitrogens with one attached hydrogen (secondary N) is 1. The van der Waals surface area contributed by atoms with Gasteiger partial charge >= 0.3 is 6.18 Å². The topological polar surface area (TPSA) is 62.6 Å². The average molecular weight is 380 g/mol. The summed E-state index contributed by atoms with van der Waals surface area (Å²) in [7, 11) is 0. The fourth-order valence-corrected chi connectivity index (χ4v) is 3.18. The smallest absolute Gasteiger partial charge is 0.416 e. The molecule has 1 aliphatic rings. The first kappa shape index (κ1) is 19.0. The van der Waals surface area contributed by atoms with Crippen LogP contribution in [0.4, 0.5) is 13.2 Å². The van der Waals surface area contributed by atoms with Crippen LogP contribution in [-0.4, -0.2) is 35.8 Å². The third kappa shape index (κ3) is 4.50. The molecule has 2 heterocycles. The minimum Gasteiger partial charge on any atom is -0.451 e. The molecule has 3 rings (SSSR count). The normalized spacial score (nSPS) is 17.6. The second-order valence-corrected chi connectivity index (χ2v) is 6.53. The second kappa shape index (κ2) is 7.46. The third-order valence-electron chi connectivity index (χ3n) is 4.41. The van der Waals surface area contributed by atoms with Crippen molar-refractivity contribution < 1.29 is 27.2 Å². The van der Waals surface area contributed by atoms with Crippen molar-refractivity contribution in [2.45, 2.75) is 32.0 Å². The van der Waals surface area contributed by atoms with Gasteiger partial charge in [0.05, 0.1) is 5.56 Å². The molecule has 1 aromatic heterocycles. The number of rotatable bonds is 3. The largest absolute Gasteiger partial charge is 0.451 e. The van der Waals surface area contributed by atoms with Gasteiger partial charge in [0.25, 0.3) is 5.91 Å². The van der Waals surface area contributed by atoms with Crippen molar-refractivity contribution >= 4 is 11.8 Å². The van der Waals surface area contributed by atoms with Gasteiger partial charge in [-0.1, -0.05) is 12.1 Å². The Labute approximate surface area is 154 Å². The van der Waals surface area contributed by atoms with Gasteiger partial charge in [-0.05, 0) is 37.1 Å². The number of alkyl halides is 3. The predicted molar refractivity (Wildman–Crippen MR) is 91.9 cm³/mol. The standard InChI is InChI=1S/C19H19F3N2O3/c1-12(25)23-15-6-3-9-24(11-15)18(26)17-8-7-16(27-17)13-4-2-5-14(10-13)19(20,21)22/h2,4-5,7-8,10,15H,3,6,9,11H2,1H3,(H,23,25). The van der Waals surface area contributed by atoms with Crippen LogP contribution < -0.4 is 5.32 Å². The van der Waals surface area contributed by atoms with E-state index in [4.69, 9.17) is 4.42 Å². The van der Waals surface area contributed by atoms with Crippen molar-refractivity contribution in [1.29, 1.82) is 0 Å². The first-order chi connectivity index (χ1) is 12.7. The Balaban J connectivity index is 1.75. The highest BCUT2D eigenvalue weighted by atomic mass is 19.4. The summed E-state index contributed by atoms with van der Waals surface area (Å²) < 4.78 is 44.1. The highest BCUT2D eigenvalue weighted by molar-refractivity contribution is 5.92. The maximum atomic E-state index is 12.9. The lowest BCUT2D eigenvalue weighted by atomic mass is 10.1. The van der Waals surface area contributed by atoms with Crippen LogP contribution in [0.15, 0.2) is 40.8 Å². The molecule has 0 bridgehead atoms. The van der Waals surface area contributed by atoms with E-state index < -0.39 is 11.7 Å². The number of carbonyl (C=O) groups is 2. The molecule has 1 N–H and O–H groups in total. The van der Waals surface area contributed by atoms with Gasteiger partial charge in [0.1, 0.15) is 5.76 Å². The number of halogens is 3. The lowest BCUT2D eigenvalue weighted by Crippen LogP contribution is -2.49. The average Bonchev–Trinajstić information content (AvgIpc) is 3.10. The van der Waals surface area contributed by atoms with E-state index in [1.807, 2.05) is 0 Å². The first-order valence-electron chi connectivity index (χ1n) is 8.58. The van der Waals surface area contributed by atoms with Gasteiger partial charge in [-0.15, -0.1) is 0 Å². The molecular weight excluding hydrogens is 361 g/mol. The minimum atomic E-state index is -4.45. The molecule has 0 spiro atoms. The van der Waals surface area contributed by atoms with Gasteiger partial charge < -0.3 is 14.6 Å². The summed E-state index contributed by atoms with van der Waals surface area (Å²) in [6, 6.07) is 7.59. The fourth-order valence-electron chi connectivity index (χ4n) is 3.18. The predicted octanol–water partition coefficient (Wildman–Crippen LogP) is 3.71. The summed E-state index contributed by atoms with van der Waals surface area (Å²) in [5, 5.41) is 2.80. The highest BCUT2D eigenvalue weighted by Crippen LogP contribution is 2.32. The summed E-state index contributed by atoms with van der Waals surface area (Å²) in [5.41, 5.74) is -0.530. The van der Waals surface area contributed by atoms with Crippen molar-refractivity contribution in [2.24, 2.45) is 0 Å². The monoisotopic (exact) mass is 380 g/mol. The SMILES string of the molecule is CC(=O)NC1CCCN(C(=O)c2ccc(-c3cccc(C(F)(F)F)c3)o2)C1. The van der Waals surface area contributed by atoms with E-state index in [9.17, 15) is 22.8 Å². The van der Waals surface area contributed by atoms with E-state index in [1.165, 1.54) is 31.2 Å². The molecular formula is C19H19F3N2O3. The molecule has 27 heavy (non-hydrogen) atoms. The Kier molecular flexibility index (Phi) is 5.25. The quantitative estimate of drug-likeness (QED) is 0.883. The van der Waals surface area contributed by atoms with E-state index in [0.717, 1.165) is 25.0 Å². The number of benzene rings is 1. The molecule has 1 saturated heterocycles. The molecule has 2 aromatic rings.